The van der Waals surface area contributed by atoms with Crippen molar-refractivity contribution in [2.24, 2.45) is 5.10 Å². The van der Waals surface area contributed by atoms with Crippen LogP contribution in [0.25, 0.3) is 0 Å². The number of benzene rings is 3. The highest BCUT2D eigenvalue weighted by Gasteiger charge is 2.12. The van der Waals surface area contributed by atoms with Gasteiger partial charge in [-0.3, -0.25) is 4.79 Å². The van der Waals surface area contributed by atoms with Gasteiger partial charge in [0.05, 0.1) is 23.8 Å². The number of hydrogen-bond acceptors (Lipinski definition) is 5. The number of nitrogens with zero attached hydrogens (tertiary/aromatic N) is 1. The number of carbonyl (C=O) groups excluding carboxylic acids is 1. The van der Waals surface area contributed by atoms with Gasteiger partial charge >= 0.3 is 0 Å². The average Bonchev–Trinajstić information content (AvgIpc) is 2.79. The monoisotopic (exact) mass is 577 g/mol. The third-order valence-electron chi connectivity index (χ3n) is 4.33. The largest absolute Gasteiger partial charge is 0.490 e. The van der Waals surface area contributed by atoms with E-state index in [4.69, 9.17) is 9.47 Å². The molecule has 172 valence electrons. The molecule has 0 saturated carbocycles. The molecule has 0 saturated heterocycles. The van der Waals surface area contributed by atoms with E-state index < -0.39 is 0 Å². The Balaban J connectivity index is 1.60. The van der Waals surface area contributed by atoms with Gasteiger partial charge in [0.15, 0.2) is 11.5 Å². The van der Waals surface area contributed by atoms with Crippen LogP contribution in [0.4, 0.5) is 10.1 Å². The van der Waals surface area contributed by atoms with E-state index >= 15 is 0 Å². The molecule has 0 atom stereocenters. The first-order chi connectivity index (χ1) is 15.9. The summed E-state index contributed by atoms with van der Waals surface area (Å²) in [4.78, 5) is 12.0. The van der Waals surface area contributed by atoms with Gasteiger partial charge < -0.3 is 14.8 Å². The molecule has 0 aromatic heterocycles. The summed E-state index contributed by atoms with van der Waals surface area (Å²) in [5.41, 5.74) is 4.83. The van der Waals surface area contributed by atoms with Gasteiger partial charge in [0.1, 0.15) is 12.4 Å². The molecule has 2 N–H and O–H groups in total. The maximum Gasteiger partial charge on any atom is 0.259 e. The van der Waals surface area contributed by atoms with Crippen molar-refractivity contribution in [2.45, 2.75) is 13.5 Å². The Bertz CT molecular complexity index is 1110. The van der Waals surface area contributed by atoms with Crippen molar-refractivity contribution in [3.05, 3.63) is 86.6 Å². The lowest BCUT2D eigenvalue weighted by Crippen LogP contribution is -2.25. The highest BCUT2D eigenvalue weighted by molar-refractivity contribution is 9.10. The molecule has 0 aliphatic heterocycles. The number of amides is 1. The maximum atomic E-state index is 12.9. The molecule has 0 aliphatic rings. The quantitative estimate of drug-likeness (QED) is 0.232. The van der Waals surface area contributed by atoms with Crippen molar-refractivity contribution in [1.82, 2.24) is 5.43 Å². The molecule has 3 aromatic rings. The average molecular weight is 579 g/mol. The predicted octanol–water partition coefficient (Wildman–Crippen LogP) is 5.89. The second kappa shape index (κ2) is 12.4. The molecule has 9 heteroatoms. The Labute approximate surface area is 208 Å². The van der Waals surface area contributed by atoms with E-state index in [-0.39, 0.29) is 18.3 Å². The number of anilines is 1. The minimum atomic E-state index is -0.339. The lowest BCUT2D eigenvalue weighted by atomic mass is 10.2. The first kappa shape index (κ1) is 24.7. The van der Waals surface area contributed by atoms with Crippen LogP contribution < -0.4 is 20.2 Å². The number of rotatable bonds is 10. The summed E-state index contributed by atoms with van der Waals surface area (Å²) in [6, 6.07) is 17.2. The number of hydrazone groups is 1. The lowest BCUT2D eigenvalue weighted by molar-refractivity contribution is -0.119. The fraction of sp³-hybridized carbons (Fsp3) is 0.167. The van der Waals surface area contributed by atoms with Gasteiger partial charge in [-0.25, -0.2) is 9.82 Å². The minimum absolute atomic E-state index is 0.000300. The second-order valence-electron chi connectivity index (χ2n) is 6.83. The van der Waals surface area contributed by atoms with Crippen LogP contribution in [0.15, 0.2) is 74.7 Å². The molecule has 0 bridgehead atoms. The summed E-state index contributed by atoms with van der Waals surface area (Å²) in [6.45, 7) is 2.74. The van der Waals surface area contributed by atoms with Crippen LogP contribution in [0.2, 0.25) is 0 Å². The predicted molar refractivity (Wildman–Crippen MR) is 134 cm³/mol. The summed E-state index contributed by atoms with van der Waals surface area (Å²) in [7, 11) is 0. The molecular weight excluding hydrogens is 557 g/mol. The molecule has 1 amide bonds. The fourth-order valence-corrected chi connectivity index (χ4v) is 3.61. The Kier molecular flexibility index (Phi) is 9.26. The molecule has 0 heterocycles. The Morgan fingerprint density at radius 1 is 1.06 bits per heavy atom. The van der Waals surface area contributed by atoms with Crippen LogP contribution in [0, 0.1) is 5.82 Å². The van der Waals surface area contributed by atoms with E-state index in [0.717, 1.165) is 10.0 Å². The minimum Gasteiger partial charge on any atom is -0.490 e. The Hall–Kier alpha value is -2.91. The van der Waals surface area contributed by atoms with Crippen molar-refractivity contribution < 1.29 is 18.7 Å². The molecule has 33 heavy (non-hydrogen) atoms. The van der Waals surface area contributed by atoms with Crippen LogP contribution in [-0.2, 0) is 11.4 Å². The van der Waals surface area contributed by atoms with Gasteiger partial charge in [-0.15, -0.1) is 0 Å². The van der Waals surface area contributed by atoms with Gasteiger partial charge in [0.2, 0.25) is 0 Å². The van der Waals surface area contributed by atoms with Gasteiger partial charge in [-0.2, -0.15) is 5.10 Å². The van der Waals surface area contributed by atoms with Crippen molar-refractivity contribution in [3.63, 3.8) is 0 Å². The van der Waals surface area contributed by atoms with Crippen LogP contribution in [0.5, 0.6) is 11.5 Å². The second-order valence-corrected chi connectivity index (χ2v) is 8.60. The molecule has 3 rings (SSSR count). The summed E-state index contributed by atoms with van der Waals surface area (Å²) in [5.74, 6) is 0.477. The number of carbonyl (C=O) groups is 1. The molecular formula is C24H22Br2FN3O3. The van der Waals surface area contributed by atoms with Crippen LogP contribution >= 0.6 is 31.9 Å². The lowest BCUT2D eigenvalue weighted by Gasteiger charge is -2.14. The normalized spacial score (nSPS) is 10.8. The molecule has 0 radical (unpaired) electrons. The van der Waals surface area contributed by atoms with Crippen molar-refractivity contribution in [3.8, 4) is 11.5 Å². The van der Waals surface area contributed by atoms with Gasteiger partial charge in [0, 0.05) is 10.2 Å². The third-order valence-corrected chi connectivity index (χ3v) is 5.45. The number of nitrogens with one attached hydrogen (secondary N) is 2. The van der Waals surface area contributed by atoms with Crippen molar-refractivity contribution in [2.75, 3.05) is 18.5 Å². The molecule has 0 aliphatic carbocycles. The fourth-order valence-electron chi connectivity index (χ4n) is 2.77. The van der Waals surface area contributed by atoms with Gasteiger partial charge in [-0.1, -0.05) is 28.1 Å². The maximum absolute atomic E-state index is 12.9. The summed E-state index contributed by atoms with van der Waals surface area (Å²) in [6.07, 6.45) is 1.52. The first-order valence-corrected chi connectivity index (χ1v) is 11.7. The zero-order valence-electron chi connectivity index (χ0n) is 17.8. The zero-order chi connectivity index (χ0) is 23.6. The van der Waals surface area contributed by atoms with E-state index in [2.05, 4.69) is 47.7 Å². The topological polar surface area (TPSA) is 72.0 Å². The van der Waals surface area contributed by atoms with Crippen LogP contribution in [-0.4, -0.2) is 25.3 Å². The van der Waals surface area contributed by atoms with Crippen LogP contribution in [0.3, 0.4) is 0 Å². The van der Waals surface area contributed by atoms with Crippen LogP contribution in [0.1, 0.15) is 18.1 Å². The Morgan fingerprint density at radius 2 is 1.79 bits per heavy atom. The molecule has 3 aromatic carbocycles. The van der Waals surface area contributed by atoms with E-state index in [1.165, 1.54) is 18.3 Å². The third kappa shape index (κ3) is 7.87. The van der Waals surface area contributed by atoms with Gasteiger partial charge in [-0.05, 0) is 82.5 Å². The van der Waals surface area contributed by atoms with Gasteiger partial charge in [0.25, 0.3) is 5.91 Å². The number of ether oxygens (including phenoxy) is 2. The van der Waals surface area contributed by atoms with E-state index in [0.29, 0.717) is 40.4 Å². The standard InChI is InChI=1S/C24H22Br2FN3O3/c1-2-32-22-12-17(11-21(26)24(22)33-15-16-3-5-18(25)6-4-16)13-29-30-23(31)14-28-20-9-7-19(27)8-10-20/h3-13,28H,2,14-15H2,1H3,(H,30,31)/b29-13-. The van der Waals surface area contributed by atoms with E-state index in [9.17, 15) is 9.18 Å². The first-order valence-electron chi connectivity index (χ1n) is 10.1. The molecule has 6 nitrogen and oxygen atoms in total. The number of halogens is 3. The highest BCUT2D eigenvalue weighted by atomic mass is 79.9. The van der Waals surface area contributed by atoms with Crippen molar-refractivity contribution >= 4 is 49.7 Å². The zero-order valence-corrected chi connectivity index (χ0v) is 21.0. The van der Waals surface area contributed by atoms with E-state index in [1.54, 1.807) is 18.2 Å². The molecule has 0 spiro atoms. The Morgan fingerprint density at radius 3 is 2.48 bits per heavy atom. The molecule has 0 unspecified atom stereocenters. The SMILES string of the molecule is CCOc1cc(/C=N\NC(=O)CNc2ccc(F)cc2)cc(Br)c1OCc1ccc(Br)cc1. The van der Waals surface area contributed by atoms with E-state index in [1.807, 2.05) is 37.3 Å². The number of hydrogen-bond donors (Lipinski definition) is 2. The summed E-state index contributed by atoms with van der Waals surface area (Å²) >= 11 is 6.95. The summed E-state index contributed by atoms with van der Waals surface area (Å²) in [5, 5.41) is 6.89. The molecule has 0 fully saturated rings. The smallest absolute Gasteiger partial charge is 0.259 e. The van der Waals surface area contributed by atoms with Crippen molar-refractivity contribution in [1.29, 1.82) is 0 Å². The summed E-state index contributed by atoms with van der Waals surface area (Å²) < 4.78 is 26.4. The highest BCUT2D eigenvalue weighted by Crippen LogP contribution is 2.37.